The third-order valence-electron chi connectivity index (χ3n) is 3.93. The first-order valence-corrected chi connectivity index (χ1v) is 11.0. The quantitative estimate of drug-likeness (QED) is 0.284. The van der Waals surface area contributed by atoms with Crippen LogP contribution in [0.2, 0.25) is 0 Å². The van der Waals surface area contributed by atoms with E-state index in [1.807, 2.05) is 21.6 Å². The molecule has 1 rings (SSSR count). The predicted molar refractivity (Wildman–Crippen MR) is 101 cm³/mol. The molecule has 26 heavy (non-hydrogen) atoms. The van der Waals surface area contributed by atoms with E-state index < -0.39 is 29.9 Å². The molecule has 4 N–H and O–H groups in total. The lowest BCUT2D eigenvalue weighted by atomic mass is 10.1. The number of hydrogen-bond acceptors (Lipinski definition) is 6. The van der Waals surface area contributed by atoms with Gasteiger partial charge in [-0.1, -0.05) is 28.0 Å². The number of amides is 2. The first-order valence-electron chi connectivity index (χ1n) is 8.62. The molecule has 1 saturated heterocycles. The molecule has 3 atom stereocenters. The van der Waals surface area contributed by atoms with E-state index in [0.717, 1.165) is 12.8 Å². The van der Waals surface area contributed by atoms with Crippen molar-refractivity contribution < 1.29 is 29.4 Å². The zero-order valence-corrected chi connectivity index (χ0v) is 16.4. The maximum absolute atomic E-state index is 12.1. The van der Waals surface area contributed by atoms with Gasteiger partial charge in [0.1, 0.15) is 12.1 Å². The molecule has 10 heteroatoms. The van der Waals surface area contributed by atoms with Gasteiger partial charge in [-0.05, 0) is 32.6 Å². The second-order valence-corrected chi connectivity index (χ2v) is 8.98. The van der Waals surface area contributed by atoms with Gasteiger partial charge in [0.15, 0.2) is 0 Å². The summed E-state index contributed by atoms with van der Waals surface area (Å²) in [6, 6.07) is -2.17. The third-order valence-corrected chi connectivity index (χ3v) is 6.94. The second kappa shape index (κ2) is 12.1. The van der Waals surface area contributed by atoms with Crippen LogP contribution in [-0.2, 0) is 19.2 Å². The smallest absolute Gasteiger partial charge is 0.325 e. The van der Waals surface area contributed by atoms with E-state index in [1.165, 1.54) is 19.1 Å². The number of carbonyl (C=O) groups is 4. The highest BCUT2D eigenvalue weighted by molar-refractivity contribution is 8.77. The largest absolute Gasteiger partial charge is 0.481 e. The standard InChI is InChI=1S/C16H26N2O6S2/c1-10(16(23)24)17-15(22)12(6-7-14(20)21)18-13(19)5-3-2-4-11-8-9-25-26-11/h10-12H,2-9H2,1H3,(H,17,22)(H,18,19)(H,20,21)(H,23,24)/t10-,11+,12+/m0/s1. The van der Waals surface area contributed by atoms with E-state index in [-0.39, 0.29) is 25.2 Å². The monoisotopic (exact) mass is 406 g/mol. The summed E-state index contributed by atoms with van der Waals surface area (Å²) in [7, 11) is 3.77. The number of hydrogen-bond donors (Lipinski definition) is 4. The van der Waals surface area contributed by atoms with Gasteiger partial charge in [0.25, 0.3) is 0 Å². The molecule has 0 bridgehead atoms. The van der Waals surface area contributed by atoms with Crippen LogP contribution in [0.4, 0.5) is 0 Å². The van der Waals surface area contributed by atoms with Crippen molar-refractivity contribution in [3.05, 3.63) is 0 Å². The lowest BCUT2D eigenvalue weighted by molar-refractivity contribution is -0.142. The maximum Gasteiger partial charge on any atom is 0.325 e. The summed E-state index contributed by atoms with van der Waals surface area (Å²) in [4.78, 5) is 45.7. The Kier molecular flexibility index (Phi) is 10.5. The minimum atomic E-state index is -1.20. The zero-order chi connectivity index (χ0) is 19.5. The summed E-state index contributed by atoms with van der Waals surface area (Å²) in [6.45, 7) is 1.30. The summed E-state index contributed by atoms with van der Waals surface area (Å²) < 4.78 is 0. The van der Waals surface area contributed by atoms with Crippen molar-refractivity contribution in [3.63, 3.8) is 0 Å². The highest BCUT2D eigenvalue weighted by Gasteiger charge is 2.24. The summed E-state index contributed by atoms with van der Waals surface area (Å²) in [6.07, 6.45) is 3.76. The molecular weight excluding hydrogens is 380 g/mol. The lowest BCUT2D eigenvalue weighted by Gasteiger charge is -2.19. The van der Waals surface area contributed by atoms with Gasteiger partial charge in [0, 0.05) is 23.8 Å². The van der Waals surface area contributed by atoms with E-state index in [9.17, 15) is 19.2 Å². The summed E-state index contributed by atoms with van der Waals surface area (Å²) >= 11 is 0. The van der Waals surface area contributed by atoms with Gasteiger partial charge in [-0.3, -0.25) is 19.2 Å². The molecule has 0 spiro atoms. The van der Waals surface area contributed by atoms with Gasteiger partial charge in [-0.15, -0.1) is 0 Å². The van der Waals surface area contributed by atoms with Gasteiger partial charge in [-0.25, -0.2) is 0 Å². The van der Waals surface area contributed by atoms with Crippen molar-refractivity contribution >= 4 is 45.3 Å². The van der Waals surface area contributed by atoms with Crippen LogP contribution in [0.1, 0.15) is 51.9 Å². The maximum atomic E-state index is 12.1. The van der Waals surface area contributed by atoms with Crippen LogP contribution in [-0.4, -0.2) is 57.1 Å². The first-order chi connectivity index (χ1) is 12.3. The normalized spacial score (nSPS) is 18.7. The number of aliphatic carboxylic acids is 2. The Balaban J connectivity index is 2.41. The van der Waals surface area contributed by atoms with Crippen molar-refractivity contribution in [2.45, 2.75) is 69.2 Å². The topological polar surface area (TPSA) is 133 Å². The first kappa shape index (κ1) is 22.6. The van der Waals surface area contributed by atoms with Crippen molar-refractivity contribution in [3.8, 4) is 0 Å². The summed E-state index contributed by atoms with van der Waals surface area (Å²) in [5.74, 6) is -2.13. The van der Waals surface area contributed by atoms with Crippen LogP contribution in [0.5, 0.6) is 0 Å². The number of unbranched alkanes of at least 4 members (excludes halogenated alkanes) is 1. The molecule has 8 nitrogen and oxygen atoms in total. The van der Waals surface area contributed by atoms with Crippen LogP contribution >= 0.6 is 21.6 Å². The molecule has 0 aromatic rings. The Hall–Kier alpha value is -1.42. The Morgan fingerprint density at radius 3 is 2.42 bits per heavy atom. The zero-order valence-electron chi connectivity index (χ0n) is 14.7. The highest BCUT2D eigenvalue weighted by Crippen LogP contribution is 2.39. The fourth-order valence-electron chi connectivity index (χ4n) is 2.40. The van der Waals surface area contributed by atoms with Crippen LogP contribution in [0.25, 0.3) is 0 Å². The molecule has 0 aromatic heterocycles. The van der Waals surface area contributed by atoms with Crippen LogP contribution in [0.3, 0.4) is 0 Å². The Morgan fingerprint density at radius 1 is 1.12 bits per heavy atom. The number of rotatable bonds is 12. The van der Waals surface area contributed by atoms with Crippen molar-refractivity contribution in [2.75, 3.05) is 5.75 Å². The third kappa shape index (κ3) is 9.33. The average molecular weight is 407 g/mol. The van der Waals surface area contributed by atoms with Crippen LogP contribution < -0.4 is 10.6 Å². The number of nitrogens with one attached hydrogen (secondary N) is 2. The number of carboxylic acids is 2. The van der Waals surface area contributed by atoms with Crippen molar-refractivity contribution in [1.82, 2.24) is 10.6 Å². The average Bonchev–Trinajstić information content (AvgIpc) is 3.08. The molecule has 1 aliphatic rings. The SMILES string of the molecule is C[C@H](NC(=O)[C@@H](CCC(=O)O)NC(=O)CCCC[C@@H]1CCSS1)C(=O)O. The van der Waals surface area contributed by atoms with E-state index in [0.29, 0.717) is 11.7 Å². The second-order valence-electron chi connectivity index (χ2n) is 6.20. The predicted octanol–water partition coefficient (Wildman–Crippen LogP) is 1.64. The Bertz CT molecular complexity index is 511. The van der Waals surface area contributed by atoms with E-state index in [2.05, 4.69) is 10.6 Å². The van der Waals surface area contributed by atoms with E-state index in [1.54, 1.807) is 0 Å². The minimum Gasteiger partial charge on any atom is -0.481 e. The molecule has 1 aliphatic heterocycles. The number of carboxylic acid groups (broad SMARTS) is 2. The Morgan fingerprint density at radius 2 is 1.85 bits per heavy atom. The highest BCUT2D eigenvalue weighted by atomic mass is 33.1. The van der Waals surface area contributed by atoms with Crippen molar-refractivity contribution in [1.29, 1.82) is 0 Å². The van der Waals surface area contributed by atoms with Gasteiger partial charge < -0.3 is 20.8 Å². The van der Waals surface area contributed by atoms with Crippen LogP contribution in [0.15, 0.2) is 0 Å². The van der Waals surface area contributed by atoms with E-state index in [4.69, 9.17) is 10.2 Å². The molecule has 1 heterocycles. The lowest BCUT2D eigenvalue weighted by Crippen LogP contribution is -2.50. The molecule has 0 saturated carbocycles. The summed E-state index contributed by atoms with van der Waals surface area (Å²) in [5, 5.41) is 23.1. The van der Waals surface area contributed by atoms with E-state index >= 15 is 0 Å². The minimum absolute atomic E-state index is 0.0881. The molecular formula is C16H26N2O6S2. The molecule has 0 radical (unpaired) electrons. The van der Waals surface area contributed by atoms with Gasteiger partial charge in [0.2, 0.25) is 11.8 Å². The molecule has 0 unspecified atom stereocenters. The molecule has 0 aromatic carbocycles. The number of carbonyl (C=O) groups excluding carboxylic acids is 2. The fourth-order valence-corrected chi connectivity index (χ4v) is 5.43. The Labute approximate surface area is 160 Å². The molecule has 1 fully saturated rings. The molecule has 148 valence electrons. The van der Waals surface area contributed by atoms with Gasteiger partial charge >= 0.3 is 11.9 Å². The van der Waals surface area contributed by atoms with Crippen LogP contribution in [0, 0.1) is 0 Å². The van der Waals surface area contributed by atoms with Gasteiger partial charge in [0.05, 0.1) is 0 Å². The fraction of sp³-hybridized carbons (Fsp3) is 0.750. The molecule has 2 amide bonds. The summed E-state index contributed by atoms with van der Waals surface area (Å²) in [5.41, 5.74) is 0. The van der Waals surface area contributed by atoms with Gasteiger partial charge in [-0.2, -0.15) is 0 Å². The van der Waals surface area contributed by atoms with Crippen molar-refractivity contribution in [2.24, 2.45) is 0 Å². The molecule has 0 aliphatic carbocycles.